The fourth-order valence-corrected chi connectivity index (χ4v) is 3.10. The monoisotopic (exact) mass is 281 g/mol. The van der Waals surface area contributed by atoms with Crippen LogP contribution in [0.1, 0.15) is 0 Å². The van der Waals surface area contributed by atoms with Crippen LogP contribution in [0.15, 0.2) is 70.5 Å². The fraction of sp³-hybridized carbons (Fsp3) is 0.0588. The van der Waals surface area contributed by atoms with Gasteiger partial charge in [-0.1, -0.05) is 42.1 Å². The van der Waals surface area contributed by atoms with E-state index in [9.17, 15) is 0 Å². The number of nitrogen functional groups attached to an aromatic ring is 1. The van der Waals surface area contributed by atoms with E-state index in [1.165, 1.54) is 15.7 Å². The van der Waals surface area contributed by atoms with E-state index in [1.54, 1.807) is 18.9 Å². The second-order valence-corrected chi connectivity index (χ2v) is 5.70. The van der Waals surface area contributed by atoms with Gasteiger partial charge in [0.15, 0.2) is 0 Å². The maximum atomic E-state index is 5.89. The van der Waals surface area contributed by atoms with Crippen LogP contribution in [0, 0.1) is 0 Å². The third-order valence-corrected chi connectivity index (χ3v) is 4.06. The lowest BCUT2D eigenvalue weighted by Crippen LogP contribution is -1.89. The summed E-state index contributed by atoms with van der Waals surface area (Å²) in [6, 6.07) is 20.6. The van der Waals surface area contributed by atoms with Crippen LogP contribution < -0.4 is 10.5 Å². The predicted molar refractivity (Wildman–Crippen MR) is 85.5 cm³/mol. The molecule has 0 aliphatic carbocycles. The van der Waals surface area contributed by atoms with Crippen molar-refractivity contribution in [2.45, 2.75) is 9.79 Å². The van der Waals surface area contributed by atoms with Crippen molar-refractivity contribution in [2.24, 2.45) is 0 Å². The van der Waals surface area contributed by atoms with Crippen molar-refractivity contribution in [3.8, 4) is 5.75 Å². The molecule has 2 N–H and O–H groups in total. The van der Waals surface area contributed by atoms with Crippen LogP contribution in [0.4, 0.5) is 5.69 Å². The van der Waals surface area contributed by atoms with Crippen molar-refractivity contribution >= 4 is 28.2 Å². The van der Waals surface area contributed by atoms with Gasteiger partial charge in [-0.2, -0.15) is 0 Å². The summed E-state index contributed by atoms with van der Waals surface area (Å²) in [5.41, 5.74) is 6.60. The normalized spacial score (nSPS) is 10.7. The summed E-state index contributed by atoms with van der Waals surface area (Å²) in [6.45, 7) is 0. The minimum Gasteiger partial charge on any atom is -0.497 e. The summed E-state index contributed by atoms with van der Waals surface area (Å²) in [7, 11) is 1.65. The molecule has 0 unspecified atom stereocenters. The molecule has 0 saturated heterocycles. The van der Waals surface area contributed by atoms with Gasteiger partial charge in [-0.05, 0) is 35.0 Å². The first-order valence-electron chi connectivity index (χ1n) is 6.36. The molecule has 3 heteroatoms. The SMILES string of the molecule is COc1cc(N)cc(Sc2ccc3ccccc3c2)c1. The van der Waals surface area contributed by atoms with Crippen molar-refractivity contribution in [3.63, 3.8) is 0 Å². The standard InChI is InChI=1S/C17H15NOS/c1-19-15-9-14(18)10-17(11-15)20-16-7-6-12-4-2-3-5-13(12)8-16/h2-11H,18H2,1H3. The van der Waals surface area contributed by atoms with Crippen LogP contribution in [-0.4, -0.2) is 7.11 Å². The van der Waals surface area contributed by atoms with Crippen LogP contribution in [0.3, 0.4) is 0 Å². The summed E-state index contributed by atoms with van der Waals surface area (Å²) >= 11 is 1.69. The molecule has 20 heavy (non-hydrogen) atoms. The van der Waals surface area contributed by atoms with E-state index in [0.717, 1.165) is 10.6 Å². The summed E-state index contributed by atoms with van der Waals surface area (Å²) in [5, 5.41) is 2.50. The van der Waals surface area contributed by atoms with Gasteiger partial charge in [-0.3, -0.25) is 0 Å². The van der Waals surface area contributed by atoms with Gasteiger partial charge in [0.1, 0.15) is 5.75 Å². The highest BCUT2D eigenvalue weighted by Gasteiger charge is 2.03. The Kier molecular flexibility index (Phi) is 3.52. The highest BCUT2D eigenvalue weighted by atomic mass is 32.2. The topological polar surface area (TPSA) is 35.2 Å². The Morgan fingerprint density at radius 3 is 2.45 bits per heavy atom. The molecule has 0 amide bonds. The third kappa shape index (κ3) is 2.73. The van der Waals surface area contributed by atoms with Gasteiger partial charge >= 0.3 is 0 Å². The first-order valence-corrected chi connectivity index (χ1v) is 7.17. The summed E-state index contributed by atoms with van der Waals surface area (Å²) in [6.07, 6.45) is 0. The Balaban J connectivity index is 1.94. The summed E-state index contributed by atoms with van der Waals surface area (Å²) in [4.78, 5) is 2.27. The first kappa shape index (κ1) is 12.9. The van der Waals surface area contributed by atoms with Gasteiger partial charge in [-0.15, -0.1) is 0 Å². The Morgan fingerprint density at radius 2 is 1.65 bits per heavy atom. The van der Waals surface area contributed by atoms with Gasteiger partial charge in [0.05, 0.1) is 7.11 Å². The zero-order valence-corrected chi connectivity index (χ0v) is 12.0. The Bertz CT molecular complexity index is 755. The molecule has 100 valence electrons. The first-order chi connectivity index (χ1) is 9.74. The molecule has 3 aromatic carbocycles. The molecule has 0 aliphatic heterocycles. The molecule has 0 fully saturated rings. The van der Waals surface area contributed by atoms with Crippen molar-refractivity contribution in [2.75, 3.05) is 12.8 Å². The number of rotatable bonds is 3. The number of ether oxygens (including phenoxy) is 1. The van der Waals surface area contributed by atoms with Crippen LogP contribution in [0.5, 0.6) is 5.75 Å². The molecule has 2 nitrogen and oxygen atoms in total. The number of fused-ring (bicyclic) bond motifs is 1. The lowest BCUT2D eigenvalue weighted by atomic mass is 10.1. The molecule has 0 bridgehead atoms. The zero-order valence-electron chi connectivity index (χ0n) is 11.2. The van der Waals surface area contributed by atoms with Gasteiger partial charge in [0.2, 0.25) is 0 Å². The molecule has 3 rings (SSSR count). The predicted octanol–water partition coefficient (Wildman–Crippen LogP) is 4.58. The highest BCUT2D eigenvalue weighted by molar-refractivity contribution is 7.99. The maximum absolute atomic E-state index is 5.89. The lowest BCUT2D eigenvalue weighted by molar-refractivity contribution is 0.414. The van der Waals surface area contributed by atoms with E-state index in [0.29, 0.717) is 5.69 Å². The van der Waals surface area contributed by atoms with E-state index in [4.69, 9.17) is 10.5 Å². The molecule has 0 aromatic heterocycles. The van der Waals surface area contributed by atoms with Crippen LogP contribution >= 0.6 is 11.8 Å². The molecule has 0 radical (unpaired) electrons. The highest BCUT2D eigenvalue weighted by Crippen LogP contribution is 2.33. The average molecular weight is 281 g/mol. The van der Waals surface area contributed by atoms with E-state index >= 15 is 0 Å². The van der Waals surface area contributed by atoms with Crippen molar-refractivity contribution in [1.82, 2.24) is 0 Å². The van der Waals surface area contributed by atoms with Crippen molar-refractivity contribution in [3.05, 3.63) is 60.7 Å². The minimum absolute atomic E-state index is 0.715. The van der Waals surface area contributed by atoms with E-state index in [2.05, 4.69) is 42.5 Å². The van der Waals surface area contributed by atoms with Gasteiger partial charge in [0, 0.05) is 21.5 Å². The largest absolute Gasteiger partial charge is 0.497 e. The molecule has 0 atom stereocenters. The number of hydrogen-bond acceptors (Lipinski definition) is 3. The Labute approximate surface area is 122 Å². The third-order valence-electron chi connectivity index (χ3n) is 3.09. The second-order valence-electron chi connectivity index (χ2n) is 4.55. The average Bonchev–Trinajstić information content (AvgIpc) is 2.46. The minimum atomic E-state index is 0.715. The van der Waals surface area contributed by atoms with Gasteiger partial charge in [-0.25, -0.2) is 0 Å². The zero-order chi connectivity index (χ0) is 13.9. The molecular weight excluding hydrogens is 266 g/mol. The smallest absolute Gasteiger partial charge is 0.122 e. The summed E-state index contributed by atoms with van der Waals surface area (Å²) < 4.78 is 5.25. The summed E-state index contributed by atoms with van der Waals surface area (Å²) in [5.74, 6) is 0.785. The Morgan fingerprint density at radius 1 is 0.850 bits per heavy atom. The second kappa shape index (κ2) is 5.47. The van der Waals surface area contributed by atoms with Gasteiger partial charge in [0.25, 0.3) is 0 Å². The molecule has 0 heterocycles. The molecule has 0 spiro atoms. The van der Waals surface area contributed by atoms with Crippen LogP contribution in [0.2, 0.25) is 0 Å². The van der Waals surface area contributed by atoms with Gasteiger partial charge < -0.3 is 10.5 Å². The maximum Gasteiger partial charge on any atom is 0.122 e. The van der Waals surface area contributed by atoms with E-state index in [1.807, 2.05) is 18.2 Å². The number of methoxy groups -OCH3 is 1. The number of hydrogen-bond donors (Lipinski definition) is 1. The van der Waals surface area contributed by atoms with Crippen LogP contribution in [-0.2, 0) is 0 Å². The van der Waals surface area contributed by atoms with Crippen LogP contribution in [0.25, 0.3) is 10.8 Å². The number of benzene rings is 3. The molecule has 3 aromatic rings. The molecule has 0 saturated carbocycles. The number of anilines is 1. The fourth-order valence-electron chi connectivity index (χ4n) is 2.14. The quantitative estimate of drug-likeness (QED) is 0.714. The molecule has 0 aliphatic rings. The van der Waals surface area contributed by atoms with Crippen molar-refractivity contribution in [1.29, 1.82) is 0 Å². The van der Waals surface area contributed by atoms with Crippen molar-refractivity contribution < 1.29 is 4.74 Å². The van der Waals surface area contributed by atoms with E-state index < -0.39 is 0 Å². The number of nitrogens with two attached hydrogens (primary N) is 1. The Hall–Kier alpha value is -2.13. The molecular formula is C17H15NOS. The lowest BCUT2D eigenvalue weighted by Gasteiger charge is -2.07. The van der Waals surface area contributed by atoms with E-state index in [-0.39, 0.29) is 0 Å².